The van der Waals surface area contributed by atoms with Crippen LogP contribution in [0.4, 0.5) is 0 Å². The molecule has 1 N–H and O–H groups in total. The number of fused-ring (bicyclic) bond motifs is 1. The minimum Gasteiger partial charge on any atom is -0.318 e. The van der Waals surface area contributed by atoms with Crippen molar-refractivity contribution >= 4 is 22.4 Å². The molecular formula is C14H17ClN2O. The topological polar surface area (TPSA) is 34.0 Å². The van der Waals surface area contributed by atoms with Gasteiger partial charge in [0, 0.05) is 18.8 Å². The molecule has 1 heterocycles. The smallest absolute Gasteiger partial charge is 0.260 e. The molecule has 0 bridgehead atoms. The van der Waals surface area contributed by atoms with E-state index >= 15 is 0 Å². The van der Waals surface area contributed by atoms with Crippen LogP contribution in [-0.2, 0) is 13.0 Å². The second kappa shape index (κ2) is 5.55. The quantitative estimate of drug-likeness (QED) is 0.920. The summed E-state index contributed by atoms with van der Waals surface area (Å²) in [6, 6.07) is 7.63. The number of pyridine rings is 1. The first-order valence-electron chi connectivity index (χ1n) is 6.14. The van der Waals surface area contributed by atoms with Crippen molar-refractivity contribution < 1.29 is 0 Å². The summed E-state index contributed by atoms with van der Waals surface area (Å²) in [5.41, 5.74) is 1.05. The summed E-state index contributed by atoms with van der Waals surface area (Å²) in [4.78, 5) is 12.5. The molecule has 96 valence electrons. The summed E-state index contributed by atoms with van der Waals surface area (Å²) in [6.07, 6.45) is 0.835. The highest BCUT2D eigenvalue weighted by Gasteiger charge is 2.10. The Morgan fingerprint density at radius 1 is 1.39 bits per heavy atom. The van der Waals surface area contributed by atoms with Gasteiger partial charge in [-0.3, -0.25) is 4.79 Å². The lowest BCUT2D eigenvalue weighted by molar-refractivity contribution is 0.606. The van der Waals surface area contributed by atoms with Gasteiger partial charge in [-0.15, -0.1) is 0 Å². The highest BCUT2D eigenvalue weighted by atomic mass is 35.5. The number of likely N-dealkylation sites (N-methyl/N-ethyl adjacent to an activating group) is 1. The van der Waals surface area contributed by atoms with Gasteiger partial charge in [0.2, 0.25) is 0 Å². The van der Waals surface area contributed by atoms with Gasteiger partial charge in [-0.2, -0.15) is 0 Å². The Morgan fingerprint density at radius 3 is 2.83 bits per heavy atom. The van der Waals surface area contributed by atoms with E-state index in [9.17, 15) is 4.79 Å². The summed E-state index contributed by atoms with van der Waals surface area (Å²) in [5, 5.41) is 5.13. The molecule has 0 unspecified atom stereocenters. The lowest BCUT2D eigenvalue weighted by Crippen LogP contribution is -2.28. The normalized spacial score (nSPS) is 11.1. The van der Waals surface area contributed by atoms with Gasteiger partial charge in [-0.05, 0) is 31.0 Å². The van der Waals surface area contributed by atoms with E-state index in [2.05, 4.69) is 18.3 Å². The van der Waals surface area contributed by atoms with Gasteiger partial charge in [0.05, 0.1) is 10.4 Å². The molecular weight excluding hydrogens is 248 g/mol. The van der Waals surface area contributed by atoms with E-state index in [0.29, 0.717) is 17.0 Å². The van der Waals surface area contributed by atoms with Gasteiger partial charge in [-0.1, -0.05) is 30.7 Å². The third-order valence-corrected chi connectivity index (χ3v) is 3.44. The maximum atomic E-state index is 12.5. The zero-order chi connectivity index (χ0) is 13.1. The van der Waals surface area contributed by atoms with Gasteiger partial charge in [-0.25, -0.2) is 0 Å². The van der Waals surface area contributed by atoms with Crippen LogP contribution in [0.3, 0.4) is 0 Å². The van der Waals surface area contributed by atoms with Gasteiger partial charge in [0.15, 0.2) is 0 Å². The first-order valence-corrected chi connectivity index (χ1v) is 6.52. The van der Waals surface area contributed by atoms with Crippen molar-refractivity contribution in [2.45, 2.75) is 19.9 Å². The average molecular weight is 265 g/mol. The third kappa shape index (κ3) is 2.28. The van der Waals surface area contributed by atoms with E-state index in [-0.39, 0.29) is 5.56 Å². The van der Waals surface area contributed by atoms with Crippen LogP contribution in [0.5, 0.6) is 0 Å². The van der Waals surface area contributed by atoms with Crippen molar-refractivity contribution in [3.63, 3.8) is 0 Å². The third-order valence-electron chi connectivity index (χ3n) is 3.12. The number of nitrogens with zero attached hydrogens (tertiary/aromatic N) is 1. The van der Waals surface area contributed by atoms with Crippen LogP contribution in [0.25, 0.3) is 10.8 Å². The average Bonchev–Trinajstić information content (AvgIpc) is 2.37. The number of halogens is 1. The minimum absolute atomic E-state index is 0.00481. The predicted molar refractivity (Wildman–Crippen MR) is 76.5 cm³/mol. The number of nitrogens with one attached hydrogen (secondary N) is 1. The van der Waals surface area contributed by atoms with Crippen molar-refractivity contribution in [3.8, 4) is 0 Å². The van der Waals surface area contributed by atoms with Crippen LogP contribution in [0.1, 0.15) is 12.6 Å². The molecule has 2 aromatic rings. The first kappa shape index (κ1) is 13.1. The molecule has 0 aliphatic carbocycles. The molecule has 1 aromatic heterocycles. The second-order valence-electron chi connectivity index (χ2n) is 4.25. The highest BCUT2D eigenvalue weighted by molar-refractivity contribution is 6.35. The summed E-state index contributed by atoms with van der Waals surface area (Å²) >= 11 is 6.13. The number of hydrogen-bond donors (Lipinski definition) is 1. The van der Waals surface area contributed by atoms with Gasteiger partial charge >= 0.3 is 0 Å². The van der Waals surface area contributed by atoms with Crippen LogP contribution in [0.15, 0.2) is 29.1 Å². The molecule has 0 radical (unpaired) electrons. The maximum absolute atomic E-state index is 12.5. The van der Waals surface area contributed by atoms with Crippen molar-refractivity contribution in [2.75, 3.05) is 13.6 Å². The molecule has 18 heavy (non-hydrogen) atoms. The molecule has 0 aliphatic heterocycles. The van der Waals surface area contributed by atoms with E-state index in [1.54, 1.807) is 6.07 Å². The highest BCUT2D eigenvalue weighted by Crippen LogP contribution is 2.21. The van der Waals surface area contributed by atoms with Gasteiger partial charge < -0.3 is 9.88 Å². The molecule has 0 saturated heterocycles. The Hall–Kier alpha value is -1.32. The van der Waals surface area contributed by atoms with Crippen LogP contribution >= 0.6 is 11.6 Å². The van der Waals surface area contributed by atoms with Crippen molar-refractivity contribution in [2.24, 2.45) is 0 Å². The monoisotopic (exact) mass is 264 g/mol. The molecule has 1 aromatic carbocycles. The number of aromatic nitrogens is 1. The van der Waals surface area contributed by atoms with E-state index in [0.717, 1.165) is 24.0 Å². The fourth-order valence-corrected chi connectivity index (χ4v) is 2.43. The molecule has 2 rings (SSSR count). The lowest BCUT2D eigenvalue weighted by Gasteiger charge is -2.13. The predicted octanol–water partition coefficient (Wildman–Crippen LogP) is 2.44. The zero-order valence-electron chi connectivity index (χ0n) is 10.7. The fourth-order valence-electron chi connectivity index (χ4n) is 2.17. The molecule has 0 amide bonds. The largest absolute Gasteiger partial charge is 0.318 e. The van der Waals surface area contributed by atoms with E-state index in [1.165, 1.54) is 0 Å². The first-order chi connectivity index (χ1) is 8.69. The molecule has 0 spiro atoms. The van der Waals surface area contributed by atoms with Crippen molar-refractivity contribution in [3.05, 3.63) is 45.3 Å². The fraction of sp³-hybridized carbons (Fsp3) is 0.357. The lowest BCUT2D eigenvalue weighted by atomic mass is 10.1. The number of hydrogen-bond acceptors (Lipinski definition) is 2. The van der Waals surface area contributed by atoms with Gasteiger partial charge in [0.25, 0.3) is 5.56 Å². The summed E-state index contributed by atoms with van der Waals surface area (Å²) in [7, 11) is 1.88. The molecule has 0 saturated carbocycles. The van der Waals surface area contributed by atoms with E-state index in [1.807, 2.05) is 23.7 Å². The SMILES string of the molecule is CCc1cc2cccc(Cl)c2c(=O)n1CCNC. The molecule has 0 atom stereocenters. The Labute approximate surface area is 111 Å². The summed E-state index contributed by atoms with van der Waals surface area (Å²) < 4.78 is 1.81. The Kier molecular flexibility index (Phi) is 4.04. The molecule has 0 fully saturated rings. The number of benzene rings is 1. The standard InChI is InChI=1S/C14H17ClN2O/c1-3-11-9-10-5-4-6-12(15)13(10)14(18)17(11)8-7-16-2/h4-6,9,16H,3,7-8H2,1-2H3. The van der Waals surface area contributed by atoms with E-state index < -0.39 is 0 Å². The number of aryl methyl sites for hydroxylation is 1. The number of rotatable bonds is 4. The summed E-state index contributed by atoms with van der Waals surface area (Å²) in [6.45, 7) is 3.49. The minimum atomic E-state index is 0.00481. The van der Waals surface area contributed by atoms with Crippen molar-refractivity contribution in [1.29, 1.82) is 0 Å². The zero-order valence-corrected chi connectivity index (χ0v) is 11.4. The van der Waals surface area contributed by atoms with Gasteiger partial charge in [0.1, 0.15) is 0 Å². The van der Waals surface area contributed by atoms with Crippen LogP contribution in [0.2, 0.25) is 5.02 Å². The molecule has 3 nitrogen and oxygen atoms in total. The van der Waals surface area contributed by atoms with Crippen LogP contribution in [-0.4, -0.2) is 18.2 Å². The molecule has 0 aliphatic rings. The van der Waals surface area contributed by atoms with Crippen molar-refractivity contribution in [1.82, 2.24) is 9.88 Å². The maximum Gasteiger partial charge on any atom is 0.260 e. The Balaban J connectivity index is 2.71. The summed E-state index contributed by atoms with van der Waals surface area (Å²) in [5.74, 6) is 0. The Morgan fingerprint density at radius 2 is 2.17 bits per heavy atom. The van der Waals surface area contributed by atoms with Crippen LogP contribution in [0, 0.1) is 0 Å². The van der Waals surface area contributed by atoms with Crippen LogP contribution < -0.4 is 10.9 Å². The second-order valence-corrected chi connectivity index (χ2v) is 4.66. The molecule has 4 heteroatoms. The van der Waals surface area contributed by atoms with E-state index in [4.69, 9.17) is 11.6 Å². The Bertz CT molecular complexity index is 619.